The van der Waals surface area contributed by atoms with Crippen molar-refractivity contribution in [2.75, 3.05) is 5.73 Å². The summed E-state index contributed by atoms with van der Waals surface area (Å²) in [6, 6.07) is 8.10. The predicted octanol–water partition coefficient (Wildman–Crippen LogP) is 2.90. The number of anilines is 1. The van der Waals surface area contributed by atoms with Gasteiger partial charge in [-0.15, -0.1) is 11.3 Å². The molecule has 2 aromatic rings. The first-order chi connectivity index (χ1) is 7.34. The summed E-state index contributed by atoms with van der Waals surface area (Å²) < 4.78 is 0. The Morgan fingerprint density at radius 3 is 2.60 bits per heavy atom. The maximum absolute atomic E-state index is 5.62. The molecular weight excluding hydrogens is 204 g/mol. The van der Waals surface area contributed by atoms with E-state index in [2.05, 4.69) is 17.1 Å². The maximum atomic E-state index is 5.62. The van der Waals surface area contributed by atoms with Crippen LogP contribution in [-0.2, 0) is 12.8 Å². The maximum Gasteiger partial charge on any atom is 0.0924 e. The van der Waals surface area contributed by atoms with E-state index in [0.717, 1.165) is 24.9 Å². The second-order valence-electron chi connectivity index (χ2n) is 3.52. The topological polar surface area (TPSA) is 38.9 Å². The third-order valence-electron chi connectivity index (χ3n) is 2.32. The van der Waals surface area contributed by atoms with Gasteiger partial charge in [0.15, 0.2) is 0 Å². The quantitative estimate of drug-likeness (QED) is 0.801. The Morgan fingerprint density at radius 2 is 1.93 bits per heavy atom. The monoisotopic (exact) mass is 218 g/mol. The van der Waals surface area contributed by atoms with E-state index in [1.54, 1.807) is 11.3 Å². The fourth-order valence-corrected chi connectivity index (χ4v) is 2.17. The number of hydrogen-bond donors (Lipinski definition) is 1. The first-order valence-corrected chi connectivity index (χ1v) is 5.95. The van der Waals surface area contributed by atoms with Crippen molar-refractivity contribution >= 4 is 17.0 Å². The Bertz CT molecular complexity index is 392. The minimum Gasteiger partial charge on any atom is -0.399 e. The van der Waals surface area contributed by atoms with E-state index in [1.807, 2.05) is 23.7 Å². The highest BCUT2D eigenvalue weighted by molar-refractivity contribution is 7.09. The molecule has 2 nitrogen and oxygen atoms in total. The predicted molar refractivity (Wildman–Crippen MR) is 65.0 cm³/mol. The van der Waals surface area contributed by atoms with Crippen LogP contribution in [0.2, 0.25) is 0 Å². The summed E-state index contributed by atoms with van der Waals surface area (Å²) in [6.45, 7) is 0. The molecule has 2 rings (SSSR count). The van der Waals surface area contributed by atoms with Crippen LogP contribution in [0.1, 0.15) is 17.0 Å². The van der Waals surface area contributed by atoms with E-state index in [9.17, 15) is 0 Å². The lowest BCUT2D eigenvalue weighted by Gasteiger charge is -2.00. The van der Waals surface area contributed by atoms with Crippen LogP contribution in [0.3, 0.4) is 0 Å². The first kappa shape index (κ1) is 10.2. The van der Waals surface area contributed by atoms with Gasteiger partial charge in [0, 0.05) is 17.3 Å². The van der Waals surface area contributed by atoms with Crippen molar-refractivity contribution in [3.05, 3.63) is 46.4 Å². The second-order valence-corrected chi connectivity index (χ2v) is 4.50. The normalized spacial score (nSPS) is 10.4. The Labute approximate surface area is 93.8 Å². The van der Waals surface area contributed by atoms with Gasteiger partial charge in [-0.25, -0.2) is 4.98 Å². The summed E-state index contributed by atoms with van der Waals surface area (Å²) >= 11 is 1.73. The van der Waals surface area contributed by atoms with E-state index < -0.39 is 0 Å². The standard InChI is InChI=1S/C12H14N2S/c13-11-6-4-10(5-7-11)2-1-3-12-14-8-9-15-12/h4-9H,1-3,13H2. The van der Waals surface area contributed by atoms with Crippen LogP contribution in [-0.4, -0.2) is 4.98 Å². The Morgan fingerprint density at radius 1 is 1.13 bits per heavy atom. The number of nitrogens with two attached hydrogens (primary N) is 1. The molecule has 3 heteroatoms. The average Bonchev–Trinajstić information content (AvgIpc) is 2.74. The number of aromatic nitrogens is 1. The molecule has 0 radical (unpaired) electrons. The third-order valence-corrected chi connectivity index (χ3v) is 3.16. The zero-order valence-electron chi connectivity index (χ0n) is 8.52. The van der Waals surface area contributed by atoms with Gasteiger partial charge >= 0.3 is 0 Å². The molecule has 0 aliphatic heterocycles. The summed E-state index contributed by atoms with van der Waals surface area (Å²) in [4.78, 5) is 4.26. The molecule has 0 saturated heterocycles. The highest BCUT2D eigenvalue weighted by Crippen LogP contribution is 2.11. The molecular formula is C12H14N2S. The zero-order valence-corrected chi connectivity index (χ0v) is 9.33. The number of nitrogen functional groups attached to an aromatic ring is 1. The van der Waals surface area contributed by atoms with Crippen LogP contribution < -0.4 is 5.73 Å². The van der Waals surface area contributed by atoms with Gasteiger partial charge in [0.2, 0.25) is 0 Å². The van der Waals surface area contributed by atoms with Crippen molar-refractivity contribution < 1.29 is 0 Å². The number of nitrogens with zero attached hydrogens (tertiary/aromatic N) is 1. The van der Waals surface area contributed by atoms with Crippen molar-refractivity contribution in [3.8, 4) is 0 Å². The SMILES string of the molecule is Nc1ccc(CCCc2nccs2)cc1. The van der Waals surface area contributed by atoms with Crippen molar-refractivity contribution in [1.29, 1.82) is 0 Å². The molecule has 0 amide bonds. The van der Waals surface area contributed by atoms with Crippen LogP contribution in [0, 0.1) is 0 Å². The molecule has 0 spiro atoms. The highest BCUT2D eigenvalue weighted by Gasteiger charge is 1.97. The van der Waals surface area contributed by atoms with E-state index in [1.165, 1.54) is 10.6 Å². The van der Waals surface area contributed by atoms with E-state index in [-0.39, 0.29) is 0 Å². The Kier molecular flexibility index (Phi) is 3.35. The van der Waals surface area contributed by atoms with Crippen molar-refractivity contribution in [1.82, 2.24) is 4.98 Å². The van der Waals surface area contributed by atoms with Gasteiger partial charge < -0.3 is 5.73 Å². The number of benzene rings is 1. The molecule has 0 fully saturated rings. The number of aryl methyl sites for hydroxylation is 2. The number of hydrogen-bond acceptors (Lipinski definition) is 3. The van der Waals surface area contributed by atoms with Gasteiger partial charge in [0.25, 0.3) is 0 Å². The largest absolute Gasteiger partial charge is 0.399 e. The molecule has 0 saturated carbocycles. The van der Waals surface area contributed by atoms with Crippen molar-refractivity contribution in [2.24, 2.45) is 0 Å². The van der Waals surface area contributed by atoms with Gasteiger partial charge in [-0.2, -0.15) is 0 Å². The van der Waals surface area contributed by atoms with Gasteiger partial charge in [-0.1, -0.05) is 12.1 Å². The van der Waals surface area contributed by atoms with Crippen LogP contribution in [0.4, 0.5) is 5.69 Å². The molecule has 1 aromatic heterocycles. The molecule has 15 heavy (non-hydrogen) atoms. The summed E-state index contributed by atoms with van der Waals surface area (Å²) in [5, 5.41) is 3.25. The molecule has 0 aliphatic carbocycles. The van der Waals surface area contributed by atoms with Crippen molar-refractivity contribution in [2.45, 2.75) is 19.3 Å². The fourth-order valence-electron chi connectivity index (χ4n) is 1.50. The lowest BCUT2D eigenvalue weighted by molar-refractivity contribution is 0.814. The molecule has 2 N–H and O–H groups in total. The summed E-state index contributed by atoms with van der Waals surface area (Å²) in [6.07, 6.45) is 5.18. The van der Waals surface area contributed by atoms with Crippen LogP contribution in [0.15, 0.2) is 35.8 Å². The van der Waals surface area contributed by atoms with E-state index >= 15 is 0 Å². The summed E-state index contributed by atoms with van der Waals surface area (Å²) in [5.74, 6) is 0. The van der Waals surface area contributed by atoms with Crippen LogP contribution >= 0.6 is 11.3 Å². The molecule has 78 valence electrons. The van der Waals surface area contributed by atoms with Crippen LogP contribution in [0.25, 0.3) is 0 Å². The molecule has 0 atom stereocenters. The van der Waals surface area contributed by atoms with Gasteiger partial charge in [-0.3, -0.25) is 0 Å². The van der Waals surface area contributed by atoms with E-state index in [4.69, 9.17) is 5.73 Å². The zero-order chi connectivity index (χ0) is 10.5. The minimum atomic E-state index is 0.832. The molecule has 1 heterocycles. The Balaban J connectivity index is 1.81. The Hall–Kier alpha value is -1.35. The molecule has 1 aromatic carbocycles. The fraction of sp³-hybridized carbons (Fsp3) is 0.250. The lowest BCUT2D eigenvalue weighted by Crippen LogP contribution is -1.90. The van der Waals surface area contributed by atoms with Crippen LogP contribution in [0.5, 0.6) is 0 Å². The third kappa shape index (κ3) is 3.06. The molecule has 0 aliphatic rings. The second kappa shape index (κ2) is 4.94. The molecule has 0 unspecified atom stereocenters. The van der Waals surface area contributed by atoms with Gasteiger partial charge in [0.05, 0.1) is 5.01 Å². The average molecular weight is 218 g/mol. The highest BCUT2D eigenvalue weighted by atomic mass is 32.1. The van der Waals surface area contributed by atoms with Gasteiger partial charge in [0.1, 0.15) is 0 Å². The number of rotatable bonds is 4. The summed E-state index contributed by atoms with van der Waals surface area (Å²) in [5.41, 5.74) is 7.80. The summed E-state index contributed by atoms with van der Waals surface area (Å²) in [7, 11) is 0. The van der Waals surface area contributed by atoms with Gasteiger partial charge in [-0.05, 0) is 37.0 Å². The smallest absolute Gasteiger partial charge is 0.0924 e. The lowest BCUT2D eigenvalue weighted by atomic mass is 10.1. The van der Waals surface area contributed by atoms with E-state index in [0.29, 0.717) is 0 Å². The van der Waals surface area contributed by atoms with Crippen molar-refractivity contribution in [3.63, 3.8) is 0 Å². The number of thiazole rings is 1. The molecule has 0 bridgehead atoms. The first-order valence-electron chi connectivity index (χ1n) is 5.07. The minimum absolute atomic E-state index is 0.832.